The monoisotopic (exact) mass is 453 g/mol. The second-order valence-electron chi connectivity index (χ2n) is 7.22. The molecule has 1 N–H and O–H groups in total. The fourth-order valence-corrected chi connectivity index (χ4v) is 3.45. The molecule has 0 spiro atoms. The Kier molecular flexibility index (Phi) is 6.94. The number of methoxy groups -OCH3 is 1. The second-order valence-corrected chi connectivity index (χ2v) is 7.22. The van der Waals surface area contributed by atoms with Crippen LogP contribution < -0.4 is 15.0 Å². The zero-order chi connectivity index (χ0) is 23.2. The molecule has 10 heteroatoms. The van der Waals surface area contributed by atoms with Gasteiger partial charge in [-0.1, -0.05) is 0 Å². The molecule has 0 amide bonds. The third-order valence-electron chi connectivity index (χ3n) is 5.00. The van der Waals surface area contributed by atoms with Gasteiger partial charge in [-0.05, 0) is 19.1 Å². The van der Waals surface area contributed by atoms with E-state index in [9.17, 15) is 9.18 Å². The van der Waals surface area contributed by atoms with Gasteiger partial charge in [0.1, 0.15) is 17.4 Å². The molecule has 1 aromatic carbocycles. The van der Waals surface area contributed by atoms with Crippen LogP contribution in [0.2, 0.25) is 0 Å². The molecule has 0 bridgehead atoms. The number of ether oxygens (including phenoxy) is 3. The van der Waals surface area contributed by atoms with Crippen LogP contribution in [0.5, 0.6) is 5.75 Å². The van der Waals surface area contributed by atoms with Gasteiger partial charge in [0.15, 0.2) is 0 Å². The number of rotatable bonds is 7. The van der Waals surface area contributed by atoms with Crippen LogP contribution in [0.3, 0.4) is 0 Å². The van der Waals surface area contributed by atoms with E-state index < -0.39 is 11.8 Å². The lowest BCUT2D eigenvalue weighted by Crippen LogP contribution is -2.37. The fourth-order valence-electron chi connectivity index (χ4n) is 3.45. The number of carbonyl (C=O) groups excluding carboxylic acids is 1. The number of benzene rings is 1. The number of morpholine rings is 1. The lowest BCUT2D eigenvalue weighted by atomic mass is 10.1. The number of esters is 1. The maximum atomic E-state index is 13.9. The predicted molar refractivity (Wildman–Crippen MR) is 120 cm³/mol. The summed E-state index contributed by atoms with van der Waals surface area (Å²) in [4.78, 5) is 27.6. The first-order valence-corrected chi connectivity index (χ1v) is 10.5. The molecule has 1 fully saturated rings. The number of hydrogen-bond acceptors (Lipinski definition) is 9. The zero-order valence-corrected chi connectivity index (χ0v) is 18.4. The van der Waals surface area contributed by atoms with Crippen LogP contribution in [0.4, 0.5) is 21.8 Å². The Morgan fingerprint density at radius 3 is 2.76 bits per heavy atom. The highest BCUT2D eigenvalue weighted by atomic mass is 19.1. The van der Waals surface area contributed by atoms with Crippen molar-refractivity contribution in [1.29, 1.82) is 0 Å². The van der Waals surface area contributed by atoms with E-state index in [4.69, 9.17) is 19.2 Å². The summed E-state index contributed by atoms with van der Waals surface area (Å²) in [5, 5.41) is 3.03. The van der Waals surface area contributed by atoms with Crippen molar-refractivity contribution in [2.24, 2.45) is 0 Å². The maximum Gasteiger partial charge on any atom is 0.339 e. The molecule has 2 aromatic heterocycles. The molecule has 172 valence electrons. The molecule has 9 nitrogen and oxygen atoms in total. The first-order chi connectivity index (χ1) is 16.1. The van der Waals surface area contributed by atoms with E-state index in [0.29, 0.717) is 66.2 Å². The largest absolute Gasteiger partial charge is 0.497 e. The standard InChI is InChI=1S/C23H24FN5O4/c1-3-33-22(30)16-8-15(12-25-13-16)20-14-26-23(28-21(20)29-4-6-32-7-5-29)27-18-9-17(24)10-19(11-18)31-2/h8-14H,3-7H2,1-2H3,(H,26,27,28). The summed E-state index contributed by atoms with van der Waals surface area (Å²) in [6.07, 6.45) is 4.77. The summed E-state index contributed by atoms with van der Waals surface area (Å²) in [7, 11) is 1.47. The SMILES string of the molecule is CCOC(=O)c1cncc(-c2cnc(Nc3cc(F)cc(OC)c3)nc2N2CCOCC2)c1. The number of aromatic nitrogens is 3. The minimum atomic E-state index is -0.445. The third-order valence-corrected chi connectivity index (χ3v) is 5.00. The van der Waals surface area contributed by atoms with Gasteiger partial charge in [-0.25, -0.2) is 14.2 Å². The van der Waals surface area contributed by atoms with Crippen LogP contribution in [0.25, 0.3) is 11.1 Å². The van der Waals surface area contributed by atoms with E-state index in [1.807, 2.05) is 0 Å². The minimum Gasteiger partial charge on any atom is -0.497 e. The van der Waals surface area contributed by atoms with Gasteiger partial charge in [0, 0.05) is 60.6 Å². The van der Waals surface area contributed by atoms with Gasteiger partial charge in [-0.3, -0.25) is 4.98 Å². The average Bonchev–Trinajstić information content (AvgIpc) is 2.84. The summed E-state index contributed by atoms with van der Waals surface area (Å²) >= 11 is 0. The van der Waals surface area contributed by atoms with Gasteiger partial charge >= 0.3 is 5.97 Å². The number of anilines is 3. The summed E-state index contributed by atoms with van der Waals surface area (Å²) in [5.74, 6) is 0.441. The Balaban J connectivity index is 1.71. The van der Waals surface area contributed by atoms with Gasteiger partial charge in [0.2, 0.25) is 5.95 Å². The fraction of sp³-hybridized carbons (Fsp3) is 0.304. The van der Waals surface area contributed by atoms with Crippen molar-refractivity contribution in [2.75, 3.05) is 50.2 Å². The number of halogens is 1. The van der Waals surface area contributed by atoms with Crippen LogP contribution in [-0.4, -0.2) is 60.9 Å². The molecule has 0 atom stereocenters. The summed E-state index contributed by atoms with van der Waals surface area (Å²) in [6.45, 7) is 4.43. The van der Waals surface area contributed by atoms with Gasteiger partial charge in [-0.15, -0.1) is 0 Å². The van der Waals surface area contributed by atoms with Crippen LogP contribution in [-0.2, 0) is 9.47 Å². The van der Waals surface area contributed by atoms with Crippen molar-refractivity contribution >= 4 is 23.4 Å². The zero-order valence-electron chi connectivity index (χ0n) is 18.4. The number of nitrogens with zero attached hydrogens (tertiary/aromatic N) is 4. The lowest BCUT2D eigenvalue weighted by Gasteiger charge is -2.29. The molecule has 0 aliphatic carbocycles. The molecule has 3 aromatic rings. The molecule has 33 heavy (non-hydrogen) atoms. The van der Waals surface area contributed by atoms with Gasteiger partial charge in [-0.2, -0.15) is 4.98 Å². The smallest absolute Gasteiger partial charge is 0.339 e. The second kappa shape index (κ2) is 10.2. The summed E-state index contributed by atoms with van der Waals surface area (Å²) < 4.78 is 29.6. The van der Waals surface area contributed by atoms with Crippen molar-refractivity contribution in [3.8, 4) is 16.9 Å². The minimum absolute atomic E-state index is 0.274. The Bertz CT molecular complexity index is 1140. The molecule has 1 saturated heterocycles. The molecule has 1 aliphatic heterocycles. The molecular formula is C23H24FN5O4. The van der Waals surface area contributed by atoms with Gasteiger partial charge < -0.3 is 24.4 Å². The lowest BCUT2D eigenvalue weighted by molar-refractivity contribution is 0.0526. The predicted octanol–water partition coefficient (Wildman–Crippen LogP) is 3.44. The van der Waals surface area contributed by atoms with E-state index >= 15 is 0 Å². The molecule has 3 heterocycles. The van der Waals surface area contributed by atoms with Crippen molar-refractivity contribution in [1.82, 2.24) is 15.0 Å². The molecule has 0 unspecified atom stereocenters. The number of hydrogen-bond donors (Lipinski definition) is 1. The van der Waals surface area contributed by atoms with E-state index in [1.165, 1.54) is 25.4 Å². The topological polar surface area (TPSA) is 98.7 Å². The quantitative estimate of drug-likeness (QED) is 0.539. The molecule has 0 radical (unpaired) electrons. The van der Waals surface area contributed by atoms with Crippen LogP contribution in [0.15, 0.2) is 42.9 Å². The Hall–Kier alpha value is -3.79. The van der Waals surface area contributed by atoms with Crippen molar-refractivity contribution < 1.29 is 23.4 Å². The first kappa shape index (κ1) is 22.4. The normalized spacial score (nSPS) is 13.5. The third kappa shape index (κ3) is 5.35. The Labute approximate surface area is 190 Å². The van der Waals surface area contributed by atoms with Crippen LogP contribution in [0, 0.1) is 5.82 Å². The van der Waals surface area contributed by atoms with E-state index in [1.54, 1.807) is 31.5 Å². The van der Waals surface area contributed by atoms with E-state index in [0.717, 1.165) is 0 Å². The first-order valence-electron chi connectivity index (χ1n) is 10.5. The average molecular weight is 453 g/mol. The highest BCUT2D eigenvalue weighted by Crippen LogP contribution is 2.31. The van der Waals surface area contributed by atoms with E-state index in [2.05, 4.69) is 20.2 Å². The van der Waals surface area contributed by atoms with Crippen LogP contribution in [0.1, 0.15) is 17.3 Å². The molecule has 0 saturated carbocycles. The highest BCUT2D eigenvalue weighted by Gasteiger charge is 2.20. The van der Waals surface area contributed by atoms with Crippen molar-refractivity contribution in [3.05, 3.63) is 54.2 Å². The number of pyridine rings is 1. The highest BCUT2D eigenvalue weighted by molar-refractivity contribution is 5.91. The number of nitrogens with one attached hydrogen (secondary N) is 1. The van der Waals surface area contributed by atoms with Gasteiger partial charge in [0.05, 0.1) is 32.5 Å². The summed E-state index contributed by atoms with van der Waals surface area (Å²) in [5.41, 5.74) is 2.19. The molecule has 4 rings (SSSR count). The number of carbonyl (C=O) groups is 1. The molecule has 1 aliphatic rings. The van der Waals surface area contributed by atoms with E-state index in [-0.39, 0.29) is 6.61 Å². The van der Waals surface area contributed by atoms with Gasteiger partial charge in [0.25, 0.3) is 0 Å². The maximum absolute atomic E-state index is 13.9. The summed E-state index contributed by atoms with van der Waals surface area (Å²) in [6, 6.07) is 5.98. The Morgan fingerprint density at radius 2 is 2.00 bits per heavy atom. The molecular weight excluding hydrogens is 429 g/mol. The van der Waals surface area contributed by atoms with Crippen molar-refractivity contribution in [3.63, 3.8) is 0 Å². The van der Waals surface area contributed by atoms with Crippen LogP contribution >= 0.6 is 0 Å². The Morgan fingerprint density at radius 1 is 1.18 bits per heavy atom. The van der Waals surface area contributed by atoms with Crippen molar-refractivity contribution in [2.45, 2.75) is 6.92 Å².